The van der Waals surface area contributed by atoms with Crippen molar-refractivity contribution < 1.29 is 0 Å². The maximum absolute atomic E-state index is 6.35. The van der Waals surface area contributed by atoms with E-state index in [1.54, 1.807) is 6.07 Å². The van der Waals surface area contributed by atoms with Crippen molar-refractivity contribution in [3.05, 3.63) is 69.3 Å². The summed E-state index contributed by atoms with van der Waals surface area (Å²) in [5, 5.41) is 5.27. The molecule has 0 saturated heterocycles. The lowest BCUT2D eigenvalue weighted by Gasteiger charge is -2.32. The number of halogens is 3. The molecule has 2 nitrogen and oxygen atoms in total. The highest BCUT2D eigenvalue weighted by Crippen LogP contribution is 2.34. The van der Waals surface area contributed by atoms with E-state index in [4.69, 9.17) is 34.8 Å². The first-order valence-electron chi connectivity index (χ1n) is 6.57. The topological polar surface area (TPSA) is 15.3 Å². The molecule has 21 heavy (non-hydrogen) atoms. The second kappa shape index (κ2) is 6.18. The summed E-state index contributed by atoms with van der Waals surface area (Å²) < 4.78 is 0. The second-order valence-corrected chi connectivity index (χ2v) is 6.02. The Morgan fingerprint density at radius 3 is 2.33 bits per heavy atom. The van der Waals surface area contributed by atoms with Crippen LogP contribution in [0, 0.1) is 0 Å². The highest BCUT2D eigenvalue weighted by atomic mass is 35.5. The Hall–Kier alpha value is -1.35. The van der Waals surface area contributed by atoms with E-state index < -0.39 is 0 Å². The molecule has 1 N–H and O–H groups in total. The molecule has 0 saturated carbocycles. The van der Waals surface area contributed by atoms with Crippen LogP contribution in [0.5, 0.6) is 0 Å². The highest BCUT2D eigenvalue weighted by molar-refractivity contribution is 6.36. The number of nitrogens with one attached hydrogen (secondary N) is 1. The summed E-state index contributed by atoms with van der Waals surface area (Å²) in [4.78, 5) is 2.18. The Labute approximate surface area is 138 Å². The van der Waals surface area contributed by atoms with Crippen LogP contribution >= 0.6 is 34.8 Å². The number of benzene rings is 2. The molecular formula is C16H13Cl3N2. The molecule has 0 radical (unpaired) electrons. The third-order valence-corrected chi connectivity index (χ3v) is 4.14. The van der Waals surface area contributed by atoms with Gasteiger partial charge in [-0.3, -0.25) is 0 Å². The minimum atomic E-state index is 0.635. The molecule has 1 aliphatic rings. The Balaban J connectivity index is 2.02. The van der Waals surface area contributed by atoms with E-state index in [2.05, 4.69) is 10.2 Å². The fourth-order valence-electron chi connectivity index (χ4n) is 2.35. The lowest BCUT2D eigenvalue weighted by molar-refractivity contribution is 0.788. The van der Waals surface area contributed by atoms with Crippen molar-refractivity contribution in [3.8, 4) is 0 Å². The molecule has 2 aromatic carbocycles. The molecule has 108 valence electrons. The lowest BCUT2D eigenvalue weighted by Crippen LogP contribution is -2.35. The summed E-state index contributed by atoms with van der Waals surface area (Å²) in [6.07, 6.45) is 2.00. The third-order valence-electron chi connectivity index (χ3n) is 3.35. The van der Waals surface area contributed by atoms with E-state index >= 15 is 0 Å². The van der Waals surface area contributed by atoms with E-state index in [-0.39, 0.29) is 0 Å². The first kappa shape index (κ1) is 14.6. The van der Waals surface area contributed by atoms with Crippen LogP contribution in [0.3, 0.4) is 0 Å². The molecule has 0 unspecified atom stereocenters. The van der Waals surface area contributed by atoms with Gasteiger partial charge in [0.25, 0.3) is 0 Å². The number of hydrogen-bond donors (Lipinski definition) is 1. The van der Waals surface area contributed by atoms with Crippen LogP contribution < -0.4 is 10.2 Å². The summed E-state index contributed by atoms with van der Waals surface area (Å²) in [6.45, 7) is 1.69. The average molecular weight is 340 g/mol. The van der Waals surface area contributed by atoms with Crippen molar-refractivity contribution >= 4 is 46.2 Å². The predicted octanol–water partition coefficient (Wildman–Crippen LogP) is 5.06. The normalized spacial score (nSPS) is 14.6. The van der Waals surface area contributed by atoms with Gasteiger partial charge in [-0.25, -0.2) is 0 Å². The molecule has 5 heteroatoms. The molecule has 0 aliphatic carbocycles. The largest absolute Gasteiger partial charge is 0.387 e. The van der Waals surface area contributed by atoms with Gasteiger partial charge in [-0.15, -0.1) is 0 Å². The first-order valence-corrected chi connectivity index (χ1v) is 7.70. The molecule has 1 heterocycles. The summed E-state index contributed by atoms with van der Waals surface area (Å²) >= 11 is 18.3. The fraction of sp³-hybridized carbons (Fsp3) is 0.125. The minimum Gasteiger partial charge on any atom is -0.387 e. The first-order chi connectivity index (χ1) is 10.1. The number of rotatable bonds is 2. The van der Waals surface area contributed by atoms with Gasteiger partial charge in [0.2, 0.25) is 0 Å². The molecule has 0 spiro atoms. The van der Waals surface area contributed by atoms with Crippen molar-refractivity contribution in [2.75, 3.05) is 18.0 Å². The SMILES string of the molecule is Clc1ccc(C2=CNCCN2c2ccc(Cl)cc2Cl)cc1. The van der Waals surface area contributed by atoms with Gasteiger partial charge < -0.3 is 10.2 Å². The maximum Gasteiger partial charge on any atom is 0.0657 e. The van der Waals surface area contributed by atoms with E-state index in [9.17, 15) is 0 Å². The van der Waals surface area contributed by atoms with Gasteiger partial charge in [-0.05, 0) is 35.9 Å². The molecule has 0 amide bonds. The van der Waals surface area contributed by atoms with Gasteiger partial charge in [0, 0.05) is 29.3 Å². The van der Waals surface area contributed by atoms with Gasteiger partial charge in [0.05, 0.1) is 16.4 Å². The summed E-state index contributed by atoms with van der Waals surface area (Å²) in [7, 11) is 0. The van der Waals surface area contributed by atoms with Crippen molar-refractivity contribution in [2.24, 2.45) is 0 Å². The highest BCUT2D eigenvalue weighted by Gasteiger charge is 2.19. The summed E-state index contributed by atoms with van der Waals surface area (Å²) in [6, 6.07) is 13.3. The molecule has 1 aliphatic heterocycles. The third kappa shape index (κ3) is 3.13. The molecule has 0 fully saturated rings. The van der Waals surface area contributed by atoms with Crippen LogP contribution in [-0.2, 0) is 0 Å². The minimum absolute atomic E-state index is 0.635. The van der Waals surface area contributed by atoms with Crippen LogP contribution in [0.15, 0.2) is 48.7 Å². The zero-order valence-electron chi connectivity index (χ0n) is 11.1. The number of anilines is 1. The molecule has 0 atom stereocenters. The predicted molar refractivity (Wildman–Crippen MR) is 91.2 cm³/mol. The zero-order chi connectivity index (χ0) is 14.8. The zero-order valence-corrected chi connectivity index (χ0v) is 13.4. The van der Waals surface area contributed by atoms with Crippen LogP contribution in [0.2, 0.25) is 15.1 Å². The summed E-state index contributed by atoms with van der Waals surface area (Å²) in [5.41, 5.74) is 3.09. The molecule has 2 aromatic rings. The number of hydrogen-bond acceptors (Lipinski definition) is 2. The maximum atomic E-state index is 6.35. The van der Waals surface area contributed by atoms with Crippen molar-refractivity contribution in [1.29, 1.82) is 0 Å². The van der Waals surface area contributed by atoms with E-state index in [1.165, 1.54) is 0 Å². The second-order valence-electron chi connectivity index (χ2n) is 4.74. The Bertz CT molecular complexity index is 680. The van der Waals surface area contributed by atoms with Crippen molar-refractivity contribution in [2.45, 2.75) is 0 Å². The van der Waals surface area contributed by atoms with E-state index in [0.29, 0.717) is 10.0 Å². The molecule has 0 aromatic heterocycles. The van der Waals surface area contributed by atoms with Gasteiger partial charge in [-0.2, -0.15) is 0 Å². The van der Waals surface area contributed by atoms with Crippen LogP contribution in [-0.4, -0.2) is 13.1 Å². The van der Waals surface area contributed by atoms with Crippen molar-refractivity contribution in [3.63, 3.8) is 0 Å². The van der Waals surface area contributed by atoms with Gasteiger partial charge in [0.1, 0.15) is 0 Å². The Morgan fingerprint density at radius 1 is 0.905 bits per heavy atom. The monoisotopic (exact) mass is 338 g/mol. The van der Waals surface area contributed by atoms with Crippen LogP contribution in [0.4, 0.5) is 5.69 Å². The lowest BCUT2D eigenvalue weighted by atomic mass is 10.1. The smallest absolute Gasteiger partial charge is 0.0657 e. The summed E-state index contributed by atoms with van der Waals surface area (Å²) in [5.74, 6) is 0. The fourth-order valence-corrected chi connectivity index (χ4v) is 2.99. The Kier molecular flexibility index (Phi) is 4.29. The van der Waals surface area contributed by atoms with Gasteiger partial charge >= 0.3 is 0 Å². The van der Waals surface area contributed by atoms with E-state index in [0.717, 1.165) is 35.1 Å². The molecule has 0 bridgehead atoms. The quantitative estimate of drug-likeness (QED) is 0.823. The van der Waals surface area contributed by atoms with Gasteiger partial charge in [-0.1, -0.05) is 46.9 Å². The molecule has 3 rings (SSSR count). The van der Waals surface area contributed by atoms with Crippen molar-refractivity contribution in [1.82, 2.24) is 5.32 Å². The standard InChI is InChI=1S/C16H13Cl3N2/c17-12-3-1-11(2-4-12)16-10-20-7-8-21(16)15-6-5-13(18)9-14(15)19/h1-6,9-10,20H,7-8H2. The van der Waals surface area contributed by atoms with Crippen LogP contribution in [0.1, 0.15) is 5.56 Å². The molecular weight excluding hydrogens is 327 g/mol. The van der Waals surface area contributed by atoms with Crippen LogP contribution in [0.25, 0.3) is 5.70 Å². The Morgan fingerprint density at radius 2 is 1.62 bits per heavy atom. The average Bonchev–Trinajstić information content (AvgIpc) is 2.48. The van der Waals surface area contributed by atoms with E-state index in [1.807, 2.05) is 42.6 Å². The van der Waals surface area contributed by atoms with Gasteiger partial charge in [0.15, 0.2) is 0 Å². The number of nitrogens with zero attached hydrogens (tertiary/aromatic N) is 1.